The number of thioether (sulfide) groups is 1. The Kier molecular flexibility index (Phi) is 4.10. The summed E-state index contributed by atoms with van der Waals surface area (Å²) < 4.78 is 18.7. The van der Waals surface area contributed by atoms with E-state index in [0.29, 0.717) is 17.1 Å². The predicted molar refractivity (Wildman–Crippen MR) is 73.4 cm³/mol. The van der Waals surface area contributed by atoms with Gasteiger partial charge in [-0.3, -0.25) is 0 Å². The Bertz CT molecular complexity index is 545. The lowest BCUT2D eigenvalue weighted by Crippen LogP contribution is -1.90. The summed E-state index contributed by atoms with van der Waals surface area (Å²) in [5, 5.41) is 0. The fourth-order valence-electron chi connectivity index (χ4n) is 1.54. The molecule has 0 fully saturated rings. The molecule has 0 saturated heterocycles. The van der Waals surface area contributed by atoms with Gasteiger partial charge in [-0.15, -0.1) is 11.8 Å². The highest BCUT2D eigenvalue weighted by molar-refractivity contribution is 7.98. The molecule has 4 heteroatoms. The van der Waals surface area contributed by atoms with Crippen LogP contribution in [-0.2, 0) is 5.75 Å². The minimum atomic E-state index is -0.245. The lowest BCUT2D eigenvalue weighted by atomic mass is 10.2. The molecule has 0 amide bonds. The first-order valence-electron chi connectivity index (χ1n) is 5.50. The SMILES string of the molecule is COc1ccc(CSc2cccc(N)c2)c(F)c1. The number of methoxy groups -OCH3 is 1. The molecule has 0 saturated carbocycles. The summed E-state index contributed by atoms with van der Waals surface area (Å²) in [7, 11) is 1.52. The molecule has 0 unspecified atom stereocenters. The second-order valence-electron chi connectivity index (χ2n) is 3.82. The molecule has 0 aliphatic heterocycles. The summed E-state index contributed by atoms with van der Waals surface area (Å²) in [5.74, 6) is 0.857. The van der Waals surface area contributed by atoms with Crippen LogP contribution in [0.25, 0.3) is 0 Å². The van der Waals surface area contributed by atoms with E-state index in [2.05, 4.69) is 0 Å². The van der Waals surface area contributed by atoms with Gasteiger partial charge in [-0.1, -0.05) is 12.1 Å². The summed E-state index contributed by atoms with van der Waals surface area (Å²) in [6, 6.07) is 12.5. The smallest absolute Gasteiger partial charge is 0.130 e. The Morgan fingerprint density at radius 3 is 2.72 bits per heavy atom. The molecular weight excluding hydrogens is 249 g/mol. The van der Waals surface area contributed by atoms with Gasteiger partial charge in [0.05, 0.1) is 7.11 Å². The van der Waals surface area contributed by atoms with Gasteiger partial charge < -0.3 is 10.5 Å². The molecule has 0 aliphatic carbocycles. The van der Waals surface area contributed by atoms with E-state index < -0.39 is 0 Å². The first-order chi connectivity index (χ1) is 8.69. The van der Waals surface area contributed by atoms with Crippen LogP contribution in [0.15, 0.2) is 47.4 Å². The van der Waals surface area contributed by atoms with Crippen LogP contribution >= 0.6 is 11.8 Å². The Labute approximate surface area is 110 Å². The highest BCUT2D eigenvalue weighted by Crippen LogP contribution is 2.26. The second kappa shape index (κ2) is 5.78. The maximum absolute atomic E-state index is 13.7. The van der Waals surface area contributed by atoms with Crippen LogP contribution in [0, 0.1) is 5.82 Å². The van der Waals surface area contributed by atoms with E-state index in [9.17, 15) is 4.39 Å². The number of nitrogens with two attached hydrogens (primary N) is 1. The van der Waals surface area contributed by atoms with Crippen molar-refractivity contribution < 1.29 is 9.13 Å². The molecule has 0 radical (unpaired) electrons. The maximum Gasteiger partial charge on any atom is 0.130 e. The minimum absolute atomic E-state index is 0.245. The summed E-state index contributed by atoms with van der Waals surface area (Å²) >= 11 is 1.55. The van der Waals surface area contributed by atoms with E-state index >= 15 is 0 Å². The number of benzene rings is 2. The van der Waals surface area contributed by atoms with Gasteiger partial charge in [-0.05, 0) is 29.8 Å². The van der Waals surface area contributed by atoms with Gasteiger partial charge >= 0.3 is 0 Å². The van der Waals surface area contributed by atoms with E-state index in [1.165, 1.54) is 13.2 Å². The number of rotatable bonds is 4. The van der Waals surface area contributed by atoms with Crippen LogP contribution in [0.3, 0.4) is 0 Å². The molecule has 0 aliphatic rings. The predicted octanol–water partition coefficient (Wildman–Crippen LogP) is 3.71. The van der Waals surface area contributed by atoms with E-state index in [0.717, 1.165) is 10.6 Å². The van der Waals surface area contributed by atoms with Gasteiger partial charge in [0, 0.05) is 22.4 Å². The average molecular weight is 263 g/mol. The third-order valence-corrected chi connectivity index (χ3v) is 3.56. The largest absolute Gasteiger partial charge is 0.497 e. The van der Waals surface area contributed by atoms with Gasteiger partial charge in [0.2, 0.25) is 0 Å². The van der Waals surface area contributed by atoms with Crippen LogP contribution in [0.1, 0.15) is 5.56 Å². The number of anilines is 1. The van der Waals surface area contributed by atoms with Gasteiger partial charge in [0.15, 0.2) is 0 Å². The molecule has 94 valence electrons. The molecule has 0 aromatic heterocycles. The number of nitrogen functional groups attached to an aromatic ring is 1. The van der Waals surface area contributed by atoms with Crippen molar-refractivity contribution in [3.63, 3.8) is 0 Å². The highest BCUT2D eigenvalue weighted by atomic mass is 32.2. The number of halogens is 1. The molecule has 0 bridgehead atoms. The van der Waals surface area contributed by atoms with Gasteiger partial charge in [0.25, 0.3) is 0 Å². The molecule has 18 heavy (non-hydrogen) atoms. The monoisotopic (exact) mass is 263 g/mol. The van der Waals surface area contributed by atoms with Crippen LogP contribution in [0.5, 0.6) is 5.75 Å². The molecule has 2 rings (SSSR count). The Balaban J connectivity index is 2.06. The molecular formula is C14H14FNOS. The summed E-state index contributed by atoms with van der Waals surface area (Å²) in [6.45, 7) is 0. The third-order valence-electron chi connectivity index (χ3n) is 2.51. The molecule has 0 spiro atoms. The molecule has 0 atom stereocenters. The maximum atomic E-state index is 13.7. The first kappa shape index (κ1) is 12.8. The quantitative estimate of drug-likeness (QED) is 0.674. The zero-order valence-corrected chi connectivity index (χ0v) is 10.8. The van der Waals surface area contributed by atoms with Crippen molar-refractivity contribution in [3.8, 4) is 5.75 Å². The van der Waals surface area contributed by atoms with Gasteiger partial charge in [-0.2, -0.15) is 0 Å². The third kappa shape index (κ3) is 3.17. The lowest BCUT2D eigenvalue weighted by molar-refractivity contribution is 0.411. The summed E-state index contributed by atoms with van der Waals surface area (Å²) in [4.78, 5) is 1.03. The summed E-state index contributed by atoms with van der Waals surface area (Å²) in [5.41, 5.74) is 7.06. The van der Waals surface area contributed by atoms with E-state index in [1.807, 2.05) is 24.3 Å². The van der Waals surface area contributed by atoms with Crippen molar-refractivity contribution in [1.82, 2.24) is 0 Å². The van der Waals surface area contributed by atoms with E-state index in [-0.39, 0.29) is 5.82 Å². The van der Waals surface area contributed by atoms with Crippen LogP contribution in [0.2, 0.25) is 0 Å². The summed E-state index contributed by atoms with van der Waals surface area (Å²) in [6.07, 6.45) is 0. The van der Waals surface area contributed by atoms with Crippen molar-refractivity contribution in [2.45, 2.75) is 10.6 Å². The van der Waals surface area contributed by atoms with E-state index in [1.54, 1.807) is 23.9 Å². The Morgan fingerprint density at radius 1 is 1.22 bits per heavy atom. The zero-order chi connectivity index (χ0) is 13.0. The average Bonchev–Trinajstić information content (AvgIpc) is 2.37. The zero-order valence-electron chi connectivity index (χ0n) is 10.0. The van der Waals surface area contributed by atoms with E-state index in [4.69, 9.17) is 10.5 Å². The van der Waals surface area contributed by atoms with Crippen LogP contribution in [0.4, 0.5) is 10.1 Å². The normalized spacial score (nSPS) is 10.3. The number of hydrogen-bond acceptors (Lipinski definition) is 3. The van der Waals surface area contributed by atoms with Crippen molar-refractivity contribution in [2.24, 2.45) is 0 Å². The number of ether oxygens (including phenoxy) is 1. The van der Waals surface area contributed by atoms with Crippen molar-refractivity contribution in [1.29, 1.82) is 0 Å². The molecule has 2 N–H and O–H groups in total. The fraction of sp³-hybridized carbons (Fsp3) is 0.143. The standard InChI is InChI=1S/C14H14FNOS/c1-17-12-6-5-10(14(15)8-12)9-18-13-4-2-3-11(16)7-13/h2-8H,9,16H2,1H3. The molecule has 2 aromatic carbocycles. The topological polar surface area (TPSA) is 35.2 Å². The molecule has 2 aromatic rings. The highest BCUT2D eigenvalue weighted by Gasteiger charge is 2.05. The second-order valence-corrected chi connectivity index (χ2v) is 4.87. The lowest BCUT2D eigenvalue weighted by Gasteiger charge is -2.06. The Hall–Kier alpha value is -1.68. The fourth-order valence-corrected chi connectivity index (χ4v) is 2.49. The van der Waals surface area contributed by atoms with Crippen molar-refractivity contribution in [2.75, 3.05) is 12.8 Å². The van der Waals surface area contributed by atoms with Crippen molar-refractivity contribution >= 4 is 17.4 Å². The van der Waals surface area contributed by atoms with Crippen molar-refractivity contribution in [3.05, 3.63) is 53.8 Å². The first-order valence-corrected chi connectivity index (χ1v) is 6.48. The number of hydrogen-bond donors (Lipinski definition) is 1. The Morgan fingerprint density at radius 2 is 2.06 bits per heavy atom. The molecule has 0 heterocycles. The van der Waals surface area contributed by atoms with Gasteiger partial charge in [0.1, 0.15) is 11.6 Å². The van der Waals surface area contributed by atoms with Crippen LogP contribution < -0.4 is 10.5 Å². The van der Waals surface area contributed by atoms with Gasteiger partial charge in [-0.25, -0.2) is 4.39 Å². The van der Waals surface area contributed by atoms with Crippen LogP contribution in [-0.4, -0.2) is 7.11 Å². The molecule has 2 nitrogen and oxygen atoms in total. The minimum Gasteiger partial charge on any atom is -0.497 e.